The molecule has 4 nitrogen and oxygen atoms in total. The lowest BCUT2D eigenvalue weighted by Crippen LogP contribution is -2.16. The number of hydrogen-bond donors (Lipinski definition) is 1. The van der Waals surface area contributed by atoms with E-state index < -0.39 is 0 Å². The Morgan fingerprint density at radius 1 is 1.29 bits per heavy atom. The first kappa shape index (κ1) is 11.9. The fraction of sp³-hybridized carbons (Fsp3) is 0.462. The van der Waals surface area contributed by atoms with Crippen molar-refractivity contribution in [1.82, 2.24) is 14.3 Å². The summed E-state index contributed by atoms with van der Waals surface area (Å²) in [5, 5.41) is 4.18. The summed E-state index contributed by atoms with van der Waals surface area (Å²) in [6.45, 7) is 6.10. The molecule has 0 aliphatic rings. The summed E-state index contributed by atoms with van der Waals surface area (Å²) in [7, 11) is 0. The number of nitrogens with two attached hydrogens (primary N) is 1. The van der Waals surface area contributed by atoms with Crippen LogP contribution in [-0.4, -0.2) is 14.3 Å². The van der Waals surface area contributed by atoms with Gasteiger partial charge >= 0.3 is 0 Å². The monoisotopic (exact) mass is 232 g/mol. The molecule has 0 aliphatic heterocycles. The van der Waals surface area contributed by atoms with Crippen molar-refractivity contribution in [2.45, 2.75) is 33.0 Å². The van der Waals surface area contributed by atoms with Gasteiger partial charge in [-0.3, -0.25) is 4.68 Å². The lowest BCUT2D eigenvalue weighted by molar-refractivity contribution is 0.508. The normalized spacial score (nSPS) is 13.2. The topological polar surface area (TPSA) is 48.8 Å². The first-order valence-corrected chi connectivity index (χ1v) is 6.05. The summed E-state index contributed by atoms with van der Waals surface area (Å²) >= 11 is 0. The maximum atomic E-state index is 6.11. The molecule has 4 heteroatoms. The van der Waals surface area contributed by atoms with Crippen LogP contribution in [0.5, 0.6) is 0 Å². The molecule has 0 saturated heterocycles. The Morgan fingerprint density at radius 2 is 2.12 bits per heavy atom. The van der Waals surface area contributed by atoms with E-state index in [1.807, 2.05) is 16.9 Å². The third kappa shape index (κ3) is 2.97. The van der Waals surface area contributed by atoms with Gasteiger partial charge in [0.1, 0.15) is 0 Å². The molecule has 2 aromatic heterocycles. The third-order valence-corrected chi connectivity index (χ3v) is 3.02. The Balaban J connectivity index is 1.94. The minimum Gasteiger partial charge on any atom is -0.352 e. The predicted octanol–water partition coefficient (Wildman–Crippen LogP) is 2.04. The van der Waals surface area contributed by atoms with E-state index in [9.17, 15) is 0 Å². The van der Waals surface area contributed by atoms with Gasteiger partial charge in [0.25, 0.3) is 0 Å². The highest BCUT2D eigenvalue weighted by Gasteiger charge is 2.11. The van der Waals surface area contributed by atoms with Crippen LogP contribution in [0.15, 0.2) is 36.9 Å². The second-order valence-corrected chi connectivity index (χ2v) is 4.72. The van der Waals surface area contributed by atoms with Crippen LogP contribution in [0.2, 0.25) is 0 Å². The van der Waals surface area contributed by atoms with Gasteiger partial charge in [0.15, 0.2) is 0 Å². The second-order valence-electron chi connectivity index (χ2n) is 4.72. The van der Waals surface area contributed by atoms with Crippen LogP contribution in [0.4, 0.5) is 0 Å². The first-order chi connectivity index (χ1) is 8.16. The van der Waals surface area contributed by atoms with Gasteiger partial charge in [-0.2, -0.15) is 5.10 Å². The van der Waals surface area contributed by atoms with Crippen LogP contribution in [0.3, 0.4) is 0 Å². The molecular formula is C13H20N4. The molecule has 0 saturated carbocycles. The molecule has 0 aliphatic carbocycles. The predicted molar refractivity (Wildman–Crippen MR) is 68.4 cm³/mol. The fourth-order valence-corrected chi connectivity index (χ4v) is 1.83. The van der Waals surface area contributed by atoms with Crippen molar-refractivity contribution in [3.8, 4) is 0 Å². The molecule has 92 valence electrons. The zero-order chi connectivity index (χ0) is 12.3. The largest absolute Gasteiger partial charge is 0.352 e. The molecule has 0 spiro atoms. The molecule has 0 bridgehead atoms. The fourth-order valence-electron chi connectivity index (χ4n) is 1.83. The van der Waals surface area contributed by atoms with Gasteiger partial charge in [-0.1, -0.05) is 13.8 Å². The van der Waals surface area contributed by atoms with Crippen molar-refractivity contribution in [2.24, 2.45) is 11.7 Å². The SMILES string of the molecule is CC(C)C(N)c1ccn(CCn2cccn2)c1. The van der Waals surface area contributed by atoms with Crippen molar-refractivity contribution >= 4 is 0 Å². The summed E-state index contributed by atoms with van der Waals surface area (Å²) in [6.07, 6.45) is 8.00. The highest BCUT2D eigenvalue weighted by atomic mass is 15.3. The first-order valence-electron chi connectivity index (χ1n) is 6.05. The van der Waals surface area contributed by atoms with E-state index in [0.717, 1.165) is 13.1 Å². The van der Waals surface area contributed by atoms with E-state index in [1.165, 1.54) is 5.56 Å². The molecule has 2 heterocycles. The van der Waals surface area contributed by atoms with Crippen molar-refractivity contribution in [3.05, 3.63) is 42.5 Å². The van der Waals surface area contributed by atoms with Crippen LogP contribution < -0.4 is 5.73 Å². The van der Waals surface area contributed by atoms with Crippen LogP contribution in [0, 0.1) is 5.92 Å². The van der Waals surface area contributed by atoms with Gasteiger partial charge in [0.2, 0.25) is 0 Å². The molecule has 2 rings (SSSR count). The molecule has 0 fully saturated rings. The molecular weight excluding hydrogens is 212 g/mol. The van der Waals surface area contributed by atoms with E-state index in [1.54, 1.807) is 6.20 Å². The van der Waals surface area contributed by atoms with Gasteiger partial charge in [0, 0.05) is 37.4 Å². The minimum absolute atomic E-state index is 0.126. The van der Waals surface area contributed by atoms with Crippen molar-refractivity contribution in [2.75, 3.05) is 0 Å². The number of rotatable bonds is 5. The van der Waals surface area contributed by atoms with Crippen molar-refractivity contribution < 1.29 is 0 Å². The smallest absolute Gasteiger partial charge is 0.0588 e. The molecule has 0 amide bonds. The van der Waals surface area contributed by atoms with Crippen molar-refractivity contribution in [1.29, 1.82) is 0 Å². The van der Waals surface area contributed by atoms with Gasteiger partial charge in [0.05, 0.1) is 6.54 Å². The Hall–Kier alpha value is -1.55. The maximum Gasteiger partial charge on any atom is 0.0588 e. The Bertz CT molecular complexity index is 442. The lowest BCUT2D eigenvalue weighted by atomic mass is 10.00. The zero-order valence-corrected chi connectivity index (χ0v) is 10.5. The van der Waals surface area contributed by atoms with E-state index >= 15 is 0 Å². The molecule has 17 heavy (non-hydrogen) atoms. The summed E-state index contributed by atoms with van der Waals surface area (Å²) in [6, 6.07) is 4.17. The van der Waals surface area contributed by atoms with Gasteiger partial charge < -0.3 is 10.3 Å². The third-order valence-electron chi connectivity index (χ3n) is 3.02. The van der Waals surface area contributed by atoms with E-state index in [4.69, 9.17) is 5.73 Å². The molecule has 2 N–H and O–H groups in total. The number of nitrogens with zero attached hydrogens (tertiary/aromatic N) is 3. The zero-order valence-electron chi connectivity index (χ0n) is 10.5. The van der Waals surface area contributed by atoms with Gasteiger partial charge in [-0.15, -0.1) is 0 Å². The standard InChI is InChI=1S/C13H20N4/c1-11(2)13(14)12-4-7-16(10-12)8-9-17-6-3-5-15-17/h3-7,10-11,13H,8-9,14H2,1-2H3. The Labute approximate surface area is 102 Å². The van der Waals surface area contributed by atoms with E-state index in [2.05, 4.69) is 42.0 Å². The molecule has 1 unspecified atom stereocenters. The van der Waals surface area contributed by atoms with Crippen LogP contribution in [-0.2, 0) is 13.1 Å². The van der Waals surface area contributed by atoms with Crippen molar-refractivity contribution in [3.63, 3.8) is 0 Å². The molecule has 1 atom stereocenters. The van der Waals surface area contributed by atoms with Gasteiger partial charge in [-0.05, 0) is 23.6 Å². The maximum absolute atomic E-state index is 6.11. The highest BCUT2D eigenvalue weighted by molar-refractivity contribution is 5.15. The van der Waals surface area contributed by atoms with Crippen LogP contribution in [0.25, 0.3) is 0 Å². The summed E-state index contributed by atoms with van der Waals surface area (Å²) < 4.78 is 4.10. The molecule has 0 radical (unpaired) electrons. The highest BCUT2D eigenvalue weighted by Crippen LogP contribution is 2.18. The lowest BCUT2D eigenvalue weighted by Gasteiger charge is -2.13. The second kappa shape index (κ2) is 5.19. The summed E-state index contributed by atoms with van der Waals surface area (Å²) in [5.74, 6) is 0.469. The summed E-state index contributed by atoms with van der Waals surface area (Å²) in [5.41, 5.74) is 7.32. The van der Waals surface area contributed by atoms with E-state index in [0.29, 0.717) is 5.92 Å². The van der Waals surface area contributed by atoms with Gasteiger partial charge in [-0.25, -0.2) is 0 Å². The number of aryl methyl sites for hydroxylation is 2. The Kier molecular flexibility index (Phi) is 3.64. The van der Waals surface area contributed by atoms with E-state index in [-0.39, 0.29) is 6.04 Å². The minimum atomic E-state index is 0.126. The molecule has 0 aromatic carbocycles. The quantitative estimate of drug-likeness (QED) is 0.857. The number of aromatic nitrogens is 3. The summed E-state index contributed by atoms with van der Waals surface area (Å²) in [4.78, 5) is 0. The Morgan fingerprint density at radius 3 is 2.76 bits per heavy atom. The number of hydrogen-bond acceptors (Lipinski definition) is 2. The average Bonchev–Trinajstić information content (AvgIpc) is 2.96. The van der Waals surface area contributed by atoms with Crippen LogP contribution in [0.1, 0.15) is 25.5 Å². The molecule has 2 aromatic rings. The average molecular weight is 232 g/mol. The van der Waals surface area contributed by atoms with Crippen LogP contribution >= 0.6 is 0 Å².